The fourth-order valence-corrected chi connectivity index (χ4v) is 4.84. The molecule has 0 fully saturated rings. The summed E-state index contributed by atoms with van der Waals surface area (Å²) in [7, 11) is -3.55. The van der Waals surface area contributed by atoms with E-state index in [1.807, 2.05) is 13.8 Å². The Hall–Kier alpha value is -1.58. The van der Waals surface area contributed by atoms with E-state index in [1.54, 1.807) is 19.9 Å². The summed E-state index contributed by atoms with van der Waals surface area (Å²) in [4.78, 5) is 16.5. The predicted molar refractivity (Wildman–Crippen MR) is 107 cm³/mol. The first-order chi connectivity index (χ1) is 12.8. The lowest BCUT2D eigenvalue weighted by atomic mass is 10.2. The molecule has 0 spiro atoms. The van der Waals surface area contributed by atoms with Crippen LogP contribution in [0.5, 0.6) is 0 Å². The molecule has 0 atom stereocenters. The van der Waals surface area contributed by atoms with Gasteiger partial charge in [0.2, 0.25) is 15.9 Å². The number of hydrogen-bond acceptors (Lipinski definition) is 6. The molecule has 0 saturated carbocycles. The van der Waals surface area contributed by atoms with E-state index in [2.05, 4.69) is 10.3 Å². The lowest BCUT2D eigenvalue weighted by Crippen LogP contribution is -2.34. The number of nitrogens with zero attached hydrogens (tertiary/aromatic N) is 2. The lowest BCUT2D eigenvalue weighted by Gasteiger charge is -2.18. The number of sulfonamides is 1. The van der Waals surface area contributed by atoms with Crippen LogP contribution in [0.25, 0.3) is 11.1 Å². The van der Waals surface area contributed by atoms with Gasteiger partial charge in [0, 0.05) is 19.1 Å². The third-order valence-corrected chi connectivity index (χ3v) is 7.23. The van der Waals surface area contributed by atoms with E-state index in [-0.39, 0.29) is 22.6 Å². The molecule has 0 aliphatic rings. The maximum atomic E-state index is 12.6. The van der Waals surface area contributed by atoms with Crippen LogP contribution in [0.3, 0.4) is 0 Å². The van der Waals surface area contributed by atoms with Crippen LogP contribution in [0.4, 0.5) is 0 Å². The number of fused-ring (bicyclic) bond motifs is 1. The molecule has 0 radical (unpaired) electrons. The molecule has 0 unspecified atom stereocenters. The van der Waals surface area contributed by atoms with Crippen molar-refractivity contribution in [3.05, 3.63) is 18.2 Å². The van der Waals surface area contributed by atoms with Gasteiger partial charge in [-0.2, -0.15) is 4.31 Å². The number of thioether (sulfide) groups is 1. The zero-order chi connectivity index (χ0) is 20.0. The van der Waals surface area contributed by atoms with Gasteiger partial charge >= 0.3 is 0 Å². The van der Waals surface area contributed by atoms with Gasteiger partial charge in [-0.25, -0.2) is 13.4 Å². The highest BCUT2D eigenvalue weighted by molar-refractivity contribution is 7.99. The molecular formula is C18H27N3O4S2. The van der Waals surface area contributed by atoms with Crippen molar-refractivity contribution in [2.45, 2.75) is 56.7 Å². The van der Waals surface area contributed by atoms with Gasteiger partial charge in [0.05, 0.1) is 10.6 Å². The topological polar surface area (TPSA) is 92.5 Å². The SMILES string of the molecule is CCC(CC)NC(=O)CSc1nc2cc(S(=O)(=O)N(CC)CC)ccc2o1. The summed E-state index contributed by atoms with van der Waals surface area (Å²) in [6.07, 6.45) is 1.78. The standard InChI is InChI=1S/C18H27N3O4S2/c1-5-13(6-2)19-17(22)12-26-18-20-15-11-14(9-10-16(15)25-18)27(23,24)21(7-3)8-4/h9-11,13H,5-8,12H2,1-4H3,(H,19,22). The van der Waals surface area contributed by atoms with Crippen LogP contribution >= 0.6 is 11.8 Å². The van der Waals surface area contributed by atoms with Crippen LogP contribution in [-0.4, -0.2) is 48.5 Å². The molecule has 2 rings (SSSR count). The summed E-state index contributed by atoms with van der Waals surface area (Å²) in [6.45, 7) is 8.48. The normalized spacial score (nSPS) is 12.2. The summed E-state index contributed by atoms with van der Waals surface area (Å²) in [5, 5.41) is 3.31. The highest BCUT2D eigenvalue weighted by atomic mass is 32.2. The van der Waals surface area contributed by atoms with Crippen molar-refractivity contribution in [1.82, 2.24) is 14.6 Å². The number of nitrogens with one attached hydrogen (secondary N) is 1. The molecule has 1 N–H and O–H groups in total. The van der Waals surface area contributed by atoms with Crippen molar-refractivity contribution in [2.75, 3.05) is 18.8 Å². The van der Waals surface area contributed by atoms with E-state index in [0.717, 1.165) is 12.8 Å². The number of carbonyl (C=O) groups is 1. The Bertz CT molecular complexity index is 872. The molecule has 1 heterocycles. The molecule has 150 valence electrons. The van der Waals surface area contributed by atoms with Gasteiger partial charge in [-0.15, -0.1) is 0 Å². The van der Waals surface area contributed by atoms with Gasteiger partial charge in [-0.3, -0.25) is 4.79 Å². The summed E-state index contributed by atoms with van der Waals surface area (Å²) in [6, 6.07) is 4.82. The quantitative estimate of drug-likeness (QED) is 0.601. The molecule has 1 aromatic carbocycles. The molecule has 0 aliphatic heterocycles. The van der Waals surface area contributed by atoms with Crippen LogP contribution in [0.1, 0.15) is 40.5 Å². The van der Waals surface area contributed by atoms with E-state index < -0.39 is 10.0 Å². The molecule has 0 bridgehead atoms. The maximum Gasteiger partial charge on any atom is 0.257 e. The number of rotatable bonds is 10. The summed E-state index contributed by atoms with van der Waals surface area (Å²) >= 11 is 1.20. The number of oxazole rings is 1. The second-order valence-corrected chi connectivity index (χ2v) is 8.93. The first kappa shape index (κ1) is 21.7. The maximum absolute atomic E-state index is 12.6. The highest BCUT2D eigenvalue weighted by Crippen LogP contribution is 2.26. The molecule has 9 heteroatoms. The van der Waals surface area contributed by atoms with E-state index in [1.165, 1.54) is 28.2 Å². The number of aromatic nitrogens is 1. The number of carbonyl (C=O) groups excluding carboxylic acids is 1. The molecule has 1 amide bonds. The Morgan fingerprint density at radius 1 is 1.22 bits per heavy atom. The minimum absolute atomic E-state index is 0.0687. The highest BCUT2D eigenvalue weighted by Gasteiger charge is 2.22. The minimum atomic E-state index is -3.55. The van der Waals surface area contributed by atoms with Crippen molar-refractivity contribution in [3.63, 3.8) is 0 Å². The summed E-state index contributed by atoms with van der Waals surface area (Å²) in [5.41, 5.74) is 0.961. The Morgan fingerprint density at radius 2 is 1.89 bits per heavy atom. The van der Waals surface area contributed by atoms with Crippen LogP contribution in [0.2, 0.25) is 0 Å². The zero-order valence-corrected chi connectivity index (χ0v) is 17.8. The van der Waals surface area contributed by atoms with Crippen LogP contribution in [-0.2, 0) is 14.8 Å². The Labute approximate surface area is 164 Å². The number of amides is 1. The molecule has 2 aromatic rings. The monoisotopic (exact) mass is 413 g/mol. The minimum Gasteiger partial charge on any atom is -0.431 e. The van der Waals surface area contributed by atoms with Gasteiger partial charge in [0.25, 0.3) is 5.22 Å². The third-order valence-electron chi connectivity index (χ3n) is 4.36. The van der Waals surface area contributed by atoms with Crippen molar-refractivity contribution in [2.24, 2.45) is 0 Å². The molecule has 7 nitrogen and oxygen atoms in total. The first-order valence-corrected chi connectivity index (χ1v) is 11.6. The van der Waals surface area contributed by atoms with Gasteiger partial charge in [0.15, 0.2) is 5.58 Å². The Balaban J connectivity index is 2.13. The summed E-state index contributed by atoms with van der Waals surface area (Å²) < 4.78 is 32.3. The van der Waals surface area contributed by atoms with Crippen LogP contribution < -0.4 is 5.32 Å². The fraction of sp³-hybridized carbons (Fsp3) is 0.556. The average molecular weight is 414 g/mol. The second kappa shape index (κ2) is 9.57. The zero-order valence-electron chi connectivity index (χ0n) is 16.2. The van der Waals surface area contributed by atoms with Crippen molar-refractivity contribution >= 4 is 38.8 Å². The van der Waals surface area contributed by atoms with Crippen LogP contribution in [0.15, 0.2) is 32.7 Å². The lowest BCUT2D eigenvalue weighted by molar-refractivity contribution is -0.119. The molecule has 0 aliphatic carbocycles. The van der Waals surface area contributed by atoms with E-state index in [4.69, 9.17) is 4.42 Å². The first-order valence-electron chi connectivity index (χ1n) is 9.18. The Kier molecular flexibility index (Phi) is 7.69. The predicted octanol–water partition coefficient (Wildman–Crippen LogP) is 3.26. The number of benzene rings is 1. The molecule has 1 aromatic heterocycles. The van der Waals surface area contributed by atoms with Gasteiger partial charge < -0.3 is 9.73 Å². The van der Waals surface area contributed by atoms with Crippen molar-refractivity contribution in [3.8, 4) is 0 Å². The Morgan fingerprint density at radius 3 is 2.48 bits per heavy atom. The van der Waals surface area contributed by atoms with E-state index >= 15 is 0 Å². The fourth-order valence-electron chi connectivity index (χ4n) is 2.71. The average Bonchev–Trinajstić information content (AvgIpc) is 3.07. The van der Waals surface area contributed by atoms with Gasteiger partial charge in [0.1, 0.15) is 5.52 Å². The van der Waals surface area contributed by atoms with E-state index in [9.17, 15) is 13.2 Å². The molecular weight excluding hydrogens is 386 g/mol. The smallest absolute Gasteiger partial charge is 0.257 e. The van der Waals surface area contributed by atoms with E-state index in [0.29, 0.717) is 29.4 Å². The largest absolute Gasteiger partial charge is 0.431 e. The molecule has 27 heavy (non-hydrogen) atoms. The van der Waals surface area contributed by atoms with Gasteiger partial charge in [-0.1, -0.05) is 39.5 Å². The molecule has 0 saturated heterocycles. The number of hydrogen-bond donors (Lipinski definition) is 1. The van der Waals surface area contributed by atoms with Crippen molar-refractivity contribution in [1.29, 1.82) is 0 Å². The van der Waals surface area contributed by atoms with Gasteiger partial charge in [-0.05, 0) is 31.0 Å². The van der Waals surface area contributed by atoms with Crippen LogP contribution in [0, 0.1) is 0 Å². The summed E-state index contributed by atoms with van der Waals surface area (Å²) in [5.74, 6) is 0.134. The third kappa shape index (κ3) is 5.24. The van der Waals surface area contributed by atoms with Crippen molar-refractivity contribution < 1.29 is 17.6 Å². The second-order valence-electron chi connectivity index (χ2n) is 6.07.